The van der Waals surface area contributed by atoms with Gasteiger partial charge in [-0.15, -0.1) is 0 Å². The van der Waals surface area contributed by atoms with Gasteiger partial charge in [0.25, 0.3) is 0 Å². The number of hydrogen-bond acceptors (Lipinski definition) is 4. The minimum absolute atomic E-state index is 0.215. The topological polar surface area (TPSA) is 93.1 Å². The maximum Gasteiger partial charge on any atom is 0.416 e. The fraction of sp³-hybridized carbons (Fsp3) is 0.273. The highest BCUT2D eigenvalue weighted by Gasteiger charge is 2.31. The SMILES string of the molecule is Cc1ccc(-n2nc(C)c(NC(=O)CCNS(=O)(=O)c3cccc(C(F)(F)F)c3)c2C)cc1. The van der Waals surface area contributed by atoms with Crippen LogP contribution >= 0.6 is 0 Å². The van der Waals surface area contributed by atoms with Gasteiger partial charge in [-0.3, -0.25) is 4.79 Å². The molecule has 0 saturated heterocycles. The summed E-state index contributed by atoms with van der Waals surface area (Å²) >= 11 is 0. The lowest BCUT2D eigenvalue weighted by Gasteiger charge is -2.11. The Morgan fingerprint density at radius 3 is 2.36 bits per heavy atom. The summed E-state index contributed by atoms with van der Waals surface area (Å²) in [5.41, 5.74) is 2.66. The van der Waals surface area contributed by atoms with Gasteiger partial charge < -0.3 is 5.32 Å². The summed E-state index contributed by atoms with van der Waals surface area (Å²) in [5.74, 6) is -0.462. The van der Waals surface area contributed by atoms with Gasteiger partial charge in [-0.1, -0.05) is 23.8 Å². The number of sulfonamides is 1. The van der Waals surface area contributed by atoms with Gasteiger partial charge in [0, 0.05) is 13.0 Å². The van der Waals surface area contributed by atoms with Gasteiger partial charge >= 0.3 is 6.18 Å². The highest BCUT2D eigenvalue weighted by molar-refractivity contribution is 7.89. The predicted molar refractivity (Wildman–Crippen MR) is 118 cm³/mol. The number of aromatic nitrogens is 2. The second kappa shape index (κ2) is 9.36. The van der Waals surface area contributed by atoms with E-state index in [1.165, 1.54) is 0 Å². The number of anilines is 1. The first-order valence-electron chi connectivity index (χ1n) is 9.98. The summed E-state index contributed by atoms with van der Waals surface area (Å²) < 4.78 is 67.0. The minimum Gasteiger partial charge on any atom is -0.323 e. The molecule has 2 N–H and O–H groups in total. The van der Waals surface area contributed by atoms with E-state index in [-0.39, 0.29) is 13.0 Å². The lowest BCUT2D eigenvalue weighted by Crippen LogP contribution is -2.28. The maximum absolute atomic E-state index is 12.8. The van der Waals surface area contributed by atoms with Crippen molar-refractivity contribution in [2.75, 3.05) is 11.9 Å². The van der Waals surface area contributed by atoms with Gasteiger partial charge in [-0.2, -0.15) is 18.3 Å². The molecule has 0 bridgehead atoms. The zero-order chi connectivity index (χ0) is 24.4. The average molecular weight is 481 g/mol. The van der Waals surface area contributed by atoms with Crippen molar-refractivity contribution in [3.05, 3.63) is 71.0 Å². The molecule has 11 heteroatoms. The fourth-order valence-electron chi connectivity index (χ4n) is 3.18. The fourth-order valence-corrected chi connectivity index (χ4v) is 4.26. The normalized spacial score (nSPS) is 12.1. The molecule has 1 aromatic heterocycles. The van der Waals surface area contributed by atoms with Crippen LogP contribution < -0.4 is 10.0 Å². The molecular formula is C22H23F3N4O3S. The van der Waals surface area contributed by atoms with E-state index in [1.54, 1.807) is 18.5 Å². The molecule has 0 atom stereocenters. The van der Waals surface area contributed by atoms with Crippen molar-refractivity contribution < 1.29 is 26.4 Å². The summed E-state index contributed by atoms with van der Waals surface area (Å²) in [6.45, 7) is 5.22. The lowest BCUT2D eigenvalue weighted by molar-refractivity contribution is -0.137. The first kappa shape index (κ1) is 24.5. The highest BCUT2D eigenvalue weighted by atomic mass is 32.2. The lowest BCUT2D eigenvalue weighted by atomic mass is 10.2. The molecule has 2 aromatic carbocycles. The second-order valence-corrected chi connectivity index (χ2v) is 9.28. The molecular weight excluding hydrogens is 457 g/mol. The van der Waals surface area contributed by atoms with Crippen LogP contribution in [-0.4, -0.2) is 30.7 Å². The Morgan fingerprint density at radius 1 is 1.06 bits per heavy atom. The van der Waals surface area contributed by atoms with Crippen LogP contribution in [0.5, 0.6) is 0 Å². The minimum atomic E-state index is -4.66. The molecule has 33 heavy (non-hydrogen) atoms. The van der Waals surface area contributed by atoms with Crippen molar-refractivity contribution >= 4 is 21.6 Å². The third kappa shape index (κ3) is 5.79. The van der Waals surface area contributed by atoms with E-state index in [4.69, 9.17) is 0 Å². The number of rotatable bonds is 7. The molecule has 0 aliphatic rings. The van der Waals surface area contributed by atoms with E-state index in [0.717, 1.165) is 29.4 Å². The Kier molecular flexibility index (Phi) is 6.94. The van der Waals surface area contributed by atoms with E-state index in [2.05, 4.69) is 15.1 Å². The molecule has 176 valence electrons. The van der Waals surface area contributed by atoms with Gasteiger partial charge in [0.2, 0.25) is 15.9 Å². The van der Waals surface area contributed by atoms with E-state index < -0.39 is 32.6 Å². The Bertz CT molecular complexity index is 1270. The Hall–Kier alpha value is -3.18. The Balaban J connectivity index is 1.64. The van der Waals surface area contributed by atoms with E-state index in [9.17, 15) is 26.4 Å². The quantitative estimate of drug-likeness (QED) is 0.532. The summed E-state index contributed by atoms with van der Waals surface area (Å²) in [4.78, 5) is 11.9. The number of carbonyl (C=O) groups is 1. The standard InChI is InChI=1S/C22H23F3N4O3S/c1-14-7-9-18(10-8-14)29-16(3)21(15(2)28-29)27-20(30)11-12-26-33(31,32)19-6-4-5-17(13-19)22(23,24)25/h4-10,13,26H,11-12H2,1-3H3,(H,27,30). The zero-order valence-electron chi connectivity index (χ0n) is 18.2. The molecule has 7 nitrogen and oxygen atoms in total. The smallest absolute Gasteiger partial charge is 0.323 e. The van der Waals surface area contributed by atoms with Crippen LogP contribution in [-0.2, 0) is 21.0 Å². The van der Waals surface area contributed by atoms with Crippen molar-refractivity contribution in [1.29, 1.82) is 0 Å². The van der Waals surface area contributed by atoms with Crippen molar-refractivity contribution in [2.45, 2.75) is 38.3 Å². The number of hydrogen-bond donors (Lipinski definition) is 2. The van der Waals surface area contributed by atoms with Crippen LogP contribution in [0, 0.1) is 20.8 Å². The summed E-state index contributed by atoms with van der Waals surface area (Å²) in [6.07, 6.45) is -4.88. The van der Waals surface area contributed by atoms with Gasteiger partial charge in [0.1, 0.15) is 0 Å². The first-order valence-corrected chi connectivity index (χ1v) is 11.5. The zero-order valence-corrected chi connectivity index (χ0v) is 19.0. The predicted octanol–water partition coefficient (Wildman–Crippen LogP) is 4.12. The number of alkyl halides is 3. The number of nitrogens with zero attached hydrogens (tertiary/aromatic N) is 2. The molecule has 0 aliphatic carbocycles. The van der Waals surface area contributed by atoms with E-state index in [1.807, 2.05) is 31.2 Å². The number of carbonyl (C=O) groups excluding carboxylic acids is 1. The molecule has 0 saturated carbocycles. The molecule has 0 spiro atoms. The number of benzene rings is 2. The third-order valence-corrected chi connectivity index (χ3v) is 6.41. The molecule has 3 rings (SSSR count). The largest absolute Gasteiger partial charge is 0.416 e. The number of amides is 1. The van der Waals surface area contributed by atoms with Crippen molar-refractivity contribution in [3.63, 3.8) is 0 Å². The number of halogens is 3. The maximum atomic E-state index is 12.8. The van der Waals surface area contributed by atoms with Crippen LogP contribution in [0.2, 0.25) is 0 Å². The summed E-state index contributed by atoms with van der Waals surface area (Å²) in [6, 6.07) is 11.1. The Labute approximate surface area is 189 Å². The van der Waals surface area contributed by atoms with Gasteiger partial charge in [0.15, 0.2) is 0 Å². The number of aryl methyl sites for hydroxylation is 2. The number of nitrogens with one attached hydrogen (secondary N) is 2. The summed E-state index contributed by atoms with van der Waals surface area (Å²) in [7, 11) is -4.21. The summed E-state index contributed by atoms with van der Waals surface area (Å²) in [5, 5.41) is 7.18. The van der Waals surface area contributed by atoms with Gasteiger partial charge in [-0.25, -0.2) is 17.8 Å². The molecule has 3 aromatic rings. The average Bonchev–Trinajstić information content (AvgIpc) is 3.02. The highest BCUT2D eigenvalue weighted by Crippen LogP contribution is 2.30. The van der Waals surface area contributed by atoms with Crippen molar-refractivity contribution in [3.8, 4) is 5.69 Å². The molecule has 0 aliphatic heterocycles. The van der Waals surface area contributed by atoms with E-state index >= 15 is 0 Å². The van der Waals surface area contributed by atoms with Gasteiger partial charge in [0.05, 0.1) is 33.2 Å². The second-order valence-electron chi connectivity index (χ2n) is 7.51. The molecule has 1 heterocycles. The third-order valence-electron chi connectivity index (χ3n) is 4.95. The molecule has 0 unspecified atom stereocenters. The van der Waals surface area contributed by atoms with Gasteiger partial charge in [-0.05, 0) is 51.1 Å². The molecule has 1 amide bonds. The first-order chi connectivity index (χ1) is 15.4. The monoisotopic (exact) mass is 480 g/mol. The van der Waals surface area contributed by atoms with Crippen LogP contribution in [0.3, 0.4) is 0 Å². The van der Waals surface area contributed by atoms with E-state index in [0.29, 0.717) is 23.1 Å². The van der Waals surface area contributed by atoms with Crippen molar-refractivity contribution in [1.82, 2.24) is 14.5 Å². The van der Waals surface area contributed by atoms with Crippen LogP contribution in [0.25, 0.3) is 5.69 Å². The molecule has 0 radical (unpaired) electrons. The Morgan fingerprint density at radius 2 is 1.73 bits per heavy atom. The van der Waals surface area contributed by atoms with Crippen LogP contribution in [0.4, 0.5) is 18.9 Å². The van der Waals surface area contributed by atoms with Crippen molar-refractivity contribution in [2.24, 2.45) is 0 Å². The molecule has 0 fully saturated rings. The van der Waals surface area contributed by atoms with Crippen LogP contribution in [0.1, 0.15) is 28.9 Å². The van der Waals surface area contributed by atoms with Crippen LogP contribution in [0.15, 0.2) is 53.4 Å².